The van der Waals surface area contributed by atoms with Crippen molar-refractivity contribution < 1.29 is 9.18 Å². The maximum atomic E-state index is 12.8. The Morgan fingerprint density at radius 2 is 1.84 bits per heavy atom. The first kappa shape index (κ1) is 16.9. The number of benzene rings is 2. The molecule has 0 fully saturated rings. The van der Waals surface area contributed by atoms with Gasteiger partial charge in [-0.2, -0.15) is 0 Å². The smallest absolute Gasteiger partial charge is 0.242 e. The summed E-state index contributed by atoms with van der Waals surface area (Å²) in [4.78, 5) is 15.2. The van der Waals surface area contributed by atoms with E-state index in [2.05, 4.69) is 21.2 Å². The molecule has 0 saturated heterocycles. The molecule has 4 N–H and O–H groups in total. The molecule has 0 aliphatic rings. The summed E-state index contributed by atoms with van der Waals surface area (Å²) in [7, 11) is 0. The minimum absolute atomic E-state index is 0.198. The molecule has 3 aromatic rings. The second-order valence-electron chi connectivity index (χ2n) is 5.52. The van der Waals surface area contributed by atoms with Crippen LogP contribution in [0.5, 0.6) is 0 Å². The van der Waals surface area contributed by atoms with Gasteiger partial charge in [0, 0.05) is 23.6 Å². The number of nitrogens with one attached hydrogen (secondary N) is 4. The third-order valence-corrected chi connectivity index (χ3v) is 3.95. The topological polar surface area (TPSA) is 69.0 Å². The van der Waals surface area contributed by atoms with E-state index in [1.807, 2.05) is 30.5 Å². The van der Waals surface area contributed by atoms with Crippen LogP contribution in [0.3, 0.4) is 0 Å². The van der Waals surface area contributed by atoms with Crippen LogP contribution in [0.1, 0.15) is 11.1 Å². The molecule has 0 spiro atoms. The first-order valence-electron chi connectivity index (χ1n) is 7.74. The Balaban J connectivity index is 1.45. The van der Waals surface area contributed by atoms with Crippen LogP contribution in [0.25, 0.3) is 10.9 Å². The van der Waals surface area contributed by atoms with Gasteiger partial charge in [-0.05, 0) is 41.5 Å². The monoisotopic (exact) mass is 356 g/mol. The third kappa shape index (κ3) is 4.54. The fourth-order valence-corrected chi connectivity index (χ4v) is 2.57. The molecule has 0 atom stereocenters. The van der Waals surface area contributed by atoms with Gasteiger partial charge in [0.05, 0.1) is 6.42 Å². The van der Waals surface area contributed by atoms with Crippen molar-refractivity contribution in [2.45, 2.75) is 13.0 Å². The van der Waals surface area contributed by atoms with Crippen molar-refractivity contribution in [1.82, 2.24) is 21.2 Å². The van der Waals surface area contributed by atoms with E-state index in [9.17, 15) is 9.18 Å². The summed E-state index contributed by atoms with van der Waals surface area (Å²) in [5, 5.41) is 4.25. The molecular weight excluding hydrogens is 339 g/mol. The first-order valence-corrected chi connectivity index (χ1v) is 8.15. The highest BCUT2D eigenvalue weighted by atomic mass is 32.1. The van der Waals surface area contributed by atoms with Crippen molar-refractivity contribution in [3.63, 3.8) is 0 Å². The molecule has 0 bridgehead atoms. The van der Waals surface area contributed by atoms with Gasteiger partial charge >= 0.3 is 0 Å². The number of thiocarbonyl (C=S) groups is 1. The van der Waals surface area contributed by atoms with Gasteiger partial charge in [-0.1, -0.05) is 30.3 Å². The van der Waals surface area contributed by atoms with Crippen molar-refractivity contribution >= 4 is 34.1 Å². The summed E-state index contributed by atoms with van der Waals surface area (Å²) < 4.78 is 12.8. The Morgan fingerprint density at radius 1 is 1.08 bits per heavy atom. The summed E-state index contributed by atoms with van der Waals surface area (Å²) in [6.45, 7) is 0.435. The van der Waals surface area contributed by atoms with Crippen molar-refractivity contribution in [1.29, 1.82) is 0 Å². The van der Waals surface area contributed by atoms with Crippen molar-refractivity contribution in [3.05, 3.63) is 71.7 Å². The van der Waals surface area contributed by atoms with Crippen LogP contribution in [-0.4, -0.2) is 16.0 Å². The van der Waals surface area contributed by atoms with E-state index in [4.69, 9.17) is 12.2 Å². The molecule has 0 unspecified atom stereocenters. The van der Waals surface area contributed by atoms with Crippen molar-refractivity contribution in [2.24, 2.45) is 0 Å². The standard InChI is InChI=1S/C18H17FN4OS/c19-14-7-5-12(6-8-14)10-21-18(25)23-22-17(24)9-13-11-20-16-4-2-1-3-15(13)16/h1-8,11,20H,9-10H2,(H,22,24)(H2,21,23,25). The van der Waals surface area contributed by atoms with Gasteiger partial charge in [0.1, 0.15) is 5.82 Å². The number of hydrogen-bond donors (Lipinski definition) is 4. The number of para-hydroxylation sites is 1. The average molecular weight is 356 g/mol. The Bertz CT molecular complexity index is 891. The Kier molecular flexibility index (Phi) is 5.25. The fourth-order valence-electron chi connectivity index (χ4n) is 2.45. The van der Waals surface area contributed by atoms with E-state index in [1.54, 1.807) is 12.1 Å². The highest BCUT2D eigenvalue weighted by Crippen LogP contribution is 2.17. The van der Waals surface area contributed by atoms with Crippen LogP contribution in [0.2, 0.25) is 0 Å². The molecule has 25 heavy (non-hydrogen) atoms. The zero-order chi connectivity index (χ0) is 17.6. The lowest BCUT2D eigenvalue weighted by Gasteiger charge is -2.11. The average Bonchev–Trinajstić information content (AvgIpc) is 3.02. The summed E-state index contributed by atoms with van der Waals surface area (Å²) in [6.07, 6.45) is 2.06. The predicted molar refractivity (Wildman–Crippen MR) is 99.1 cm³/mol. The van der Waals surface area contributed by atoms with Crippen LogP contribution >= 0.6 is 12.2 Å². The highest BCUT2D eigenvalue weighted by Gasteiger charge is 2.08. The van der Waals surface area contributed by atoms with Crippen LogP contribution in [-0.2, 0) is 17.8 Å². The number of H-pyrrole nitrogens is 1. The molecule has 5 nitrogen and oxygen atoms in total. The third-order valence-electron chi connectivity index (χ3n) is 3.71. The van der Waals surface area contributed by atoms with Crippen LogP contribution in [0.15, 0.2) is 54.7 Å². The lowest BCUT2D eigenvalue weighted by molar-refractivity contribution is -0.120. The molecule has 0 aliphatic heterocycles. The molecule has 1 heterocycles. The molecule has 1 amide bonds. The number of halogens is 1. The van der Waals surface area contributed by atoms with Gasteiger partial charge in [0.2, 0.25) is 5.91 Å². The van der Waals surface area contributed by atoms with Crippen molar-refractivity contribution in [3.8, 4) is 0 Å². The Labute approximate surface area is 149 Å². The lowest BCUT2D eigenvalue weighted by Crippen LogP contribution is -2.47. The number of aromatic nitrogens is 1. The largest absolute Gasteiger partial charge is 0.361 e. The maximum absolute atomic E-state index is 12.8. The van der Waals surface area contributed by atoms with Gasteiger partial charge in [0.15, 0.2) is 5.11 Å². The van der Waals surface area contributed by atoms with Crippen LogP contribution in [0, 0.1) is 5.82 Å². The van der Waals surface area contributed by atoms with E-state index in [0.29, 0.717) is 6.54 Å². The number of rotatable bonds is 4. The molecule has 1 aromatic heterocycles. The van der Waals surface area contributed by atoms with Crippen LogP contribution in [0.4, 0.5) is 4.39 Å². The summed E-state index contributed by atoms with van der Waals surface area (Å²) in [6, 6.07) is 13.9. The number of hydrazine groups is 1. The predicted octanol–water partition coefficient (Wildman–Crippen LogP) is 2.55. The normalized spacial score (nSPS) is 10.4. The zero-order valence-corrected chi connectivity index (χ0v) is 14.1. The van der Waals surface area contributed by atoms with E-state index in [1.165, 1.54) is 12.1 Å². The molecule has 128 valence electrons. The quantitative estimate of drug-likeness (QED) is 0.428. The number of fused-ring (bicyclic) bond motifs is 1. The van der Waals surface area contributed by atoms with Gasteiger partial charge in [-0.3, -0.25) is 15.6 Å². The minimum atomic E-state index is -0.283. The van der Waals surface area contributed by atoms with Crippen molar-refractivity contribution in [2.75, 3.05) is 0 Å². The molecule has 0 aliphatic carbocycles. The molecule has 3 rings (SSSR count). The van der Waals surface area contributed by atoms with E-state index in [0.717, 1.165) is 22.0 Å². The molecule has 0 radical (unpaired) electrons. The molecule has 7 heteroatoms. The van der Waals surface area contributed by atoms with Gasteiger partial charge < -0.3 is 10.3 Å². The summed E-state index contributed by atoms with van der Waals surface area (Å²) in [5.74, 6) is -0.482. The van der Waals surface area contributed by atoms with E-state index in [-0.39, 0.29) is 23.3 Å². The summed E-state index contributed by atoms with van der Waals surface area (Å²) in [5.41, 5.74) is 8.02. The second-order valence-corrected chi connectivity index (χ2v) is 5.93. The summed E-state index contributed by atoms with van der Waals surface area (Å²) >= 11 is 5.11. The fraction of sp³-hybridized carbons (Fsp3) is 0.111. The Hall–Kier alpha value is -2.93. The van der Waals surface area contributed by atoms with Gasteiger partial charge in [-0.25, -0.2) is 4.39 Å². The second kappa shape index (κ2) is 7.76. The molecule has 0 saturated carbocycles. The molecular formula is C18H17FN4OS. The maximum Gasteiger partial charge on any atom is 0.242 e. The van der Waals surface area contributed by atoms with Gasteiger partial charge in [-0.15, -0.1) is 0 Å². The first-order chi connectivity index (χ1) is 12.1. The minimum Gasteiger partial charge on any atom is -0.361 e. The number of hydrogen-bond acceptors (Lipinski definition) is 2. The number of aromatic amines is 1. The Morgan fingerprint density at radius 3 is 2.64 bits per heavy atom. The number of carbonyl (C=O) groups is 1. The van der Waals surface area contributed by atoms with Gasteiger partial charge in [0.25, 0.3) is 0 Å². The highest BCUT2D eigenvalue weighted by molar-refractivity contribution is 7.80. The number of carbonyl (C=O) groups excluding carboxylic acids is 1. The zero-order valence-electron chi connectivity index (χ0n) is 13.3. The SMILES string of the molecule is O=C(Cc1c[nH]c2ccccc12)NNC(=S)NCc1ccc(F)cc1. The number of amides is 1. The molecule has 2 aromatic carbocycles. The lowest BCUT2D eigenvalue weighted by atomic mass is 10.1. The van der Waals surface area contributed by atoms with E-state index < -0.39 is 0 Å². The van der Waals surface area contributed by atoms with E-state index >= 15 is 0 Å². The van der Waals surface area contributed by atoms with Crippen LogP contribution < -0.4 is 16.2 Å².